The zero-order chi connectivity index (χ0) is 29.1. The van der Waals surface area contributed by atoms with Crippen LogP contribution in [-0.4, -0.2) is 55.8 Å². The highest BCUT2D eigenvalue weighted by atomic mass is 79.9. The lowest BCUT2D eigenvalue weighted by atomic mass is 9.67. The van der Waals surface area contributed by atoms with Crippen LogP contribution in [0, 0.1) is 17.8 Å². The minimum atomic E-state index is -0.891. The van der Waals surface area contributed by atoms with Gasteiger partial charge in [0.2, 0.25) is 11.8 Å². The molecule has 1 saturated carbocycles. The zero-order valence-corrected chi connectivity index (χ0v) is 25.1. The Morgan fingerprint density at radius 2 is 1.93 bits per heavy atom. The molecule has 2 fully saturated rings. The van der Waals surface area contributed by atoms with Gasteiger partial charge in [0.25, 0.3) is 0 Å². The Morgan fingerprint density at radius 3 is 2.61 bits per heavy atom. The number of hydrogen-bond donors (Lipinski definition) is 3. The molecule has 1 aliphatic heterocycles. The Morgan fingerprint density at radius 1 is 1.15 bits per heavy atom. The fourth-order valence-corrected chi connectivity index (χ4v) is 7.50. The fraction of sp³-hybridized carbons (Fsp3) is 0.485. The van der Waals surface area contributed by atoms with E-state index in [0.29, 0.717) is 36.8 Å². The van der Waals surface area contributed by atoms with Crippen molar-refractivity contribution in [1.82, 2.24) is 9.88 Å². The first-order chi connectivity index (χ1) is 19.8. The molecule has 0 bridgehead atoms. The summed E-state index contributed by atoms with van der Waals surface area (Å²) in [7, 11) is 0. The van der Waals surface area contributed by atoms with E-state index in [4.69, 9.17) is 0 Å². The van der Waals surface area contributed by atoms with Gasteiger partial charge in [-0.3, -0.25) is 19.5 Å². The second-order valence-electron chi connectivity index (χ2n) is 11.5. The molecule has 2 heterocycles. The summed E-state index contributed by atoms with van der Waals surface area (Å²) in [6, 6.07) is 10.8. The molecule has 0 unspecified atom stereocenters. The molecule has 1 saturated heterocycles. The summed E-state index contributed by atoms with van der Waals surface area (Å²) in [5.74, 6) is -1.80. The quantitative estimate of drug-likeness (QED) is 0.238. The van der Waals surface area contributed by atoms with Gasteiger partial charge >= 0.3 is 0 Å². The number of hydrogen-bond acceptors (Lipinski definition) is 6. The van der Waals surface area contributed by atoms with Crippen molar-refractivity contribution in [2.75, 3.05) is 6.61 Å². The average Bonchev–Trinajstić information content (AvgIpc) is 3.25. The van der Waals surface area contributed by atoms with E-state index in [-0.39, 0.29) is 30.2 Å². The number of carbonyl (C=O) groups excluding carboxylic acids is 2. The number of aliphatic hydroxyl groups is 2. The number of imide groups is 1. The summed E-state index contributed by atoms with van der Waals surface area (Å²) in [5.41, 5.74) is 3.91. The summed E-state index contributed by atoms with van der Waals surface area (Å²) < 4.78 is 0.834. The van der Waals surface area contributed by atoms with Crippen LogP contribution in [0.4, 0.5) is 0 Å². The molecule has 8 heteroatoms. The van der Waals surface area contributed by atoms with E-state index in [1.165, 1.54) is 4.90 Å². The minimum absolute atomic E-state index is 0.0485. The molecule has 2 amide bonds. The number of amides is 2. The molecule has 1 aromatic heterocycles. The Labute approximate surface area is 250 Å². The molecule has 5 rings (SSSR count). The largest absolute Gasteiger partial charge is 0.507 e. The molecule has 41 heavy (non-hydrogen) atoms. The van der Waals surface area contributed by atoms with Crippen LogP contribution >= 0.6 is 15.9 Å². The molecular formula is C33H39BrN2O5. The fourth-order valence-electron chi connectivity index (χ4n) is 7.12. The van der Waals surface area contributed by atoms with Gasteiger partial charge in [-0.2, -0.15) is 0 Å². The lowest BCUT2D eigenvalue weighted by Crippen LogP contribution is -2.42. The van der Waals surface area contributed by atoms with Crippen molar-refractivity contribution in [3.63, 3.8) is 0 Å². The number of phenols is 1. The van der Waals surface area contributed by atoms with E-state index in [1.54, 1.807) is 18.3 Å². The maximum absolute atomic E-state index is 13.7. The Hall–Kier alpha value is -2.81. The highest BCUT2D eigenvalue weighted by Crippen LogP contribution is 2.48. The van der Waals surface area contributed by atoms with Crippen LogP contribution in [0.25, 0.3) is 11.6 Å². The number of benzene rings is 1. The van der Waals surface area contributed by atoms with E-state index in [1.807, 2.05) is 37.3 Å². The van der Waals surface area contributed by atoms with Crippen molar-refractivity contribution >= 4 is 39.4 Å². The summed E-state index contributed by atoms with van der Waals surface area (Å²) in [6.07, 6.45) is 9.47. The summed E-state index contributed by atoms with van der Waals surface area (Å²) >= 11 is 3.47. The van der Waals surface area contributed by atoms with Crippen molar-refractivity contribution in [3.8, 4) is 5.75 Å². The van der Waals surface area contributed by atoms with Gasteiger partial charge in [0.15, 0.2) is 0 Å². The molecule has 1 aromatic carbocycles. The normalized spacial score (nSPS) is 24.6. The standard InChI is InChI=1S/C33H39BrN2O5/c1-2-20-18-25-31(33(41)36(32(25)40)24-8-4-3-5-9-24)26(19-37)30(20)29(39)13-11-21(27-10-6-7-15-35-27)16-22-17-23(34)12-14-28(22)38/h6-7,10,12,14-17,24-26,29,31,37-39H,2-5,8-9,11,13,18-19H2,1H3/b21-16-/t25-,26+,29-,31-/m1/s1. The lowest BCUT2D eigenvalue weighted by molar-refractivity contribution is -0.143. The van der Waals surface area contributed by atoms with Crippen LogP contribution in [-0.2, 0) is 9.59 Å². The third-order valence-electron chi connectivity index (χ3n) is 9.14. The molecule has 0 radical (unpaired) electrons. The van der Waals surface area contributed by atoms with Crippen LogP contribution in [0.2, 0.25) is 0 Å². The maximum Gasteiger partial charge on any atom is 0.234 e. The van der Waals surface area contributed by atoms with E-state index in [0.717, 1.165) is 53.4 Å². The topological polar surface area (TPSA) is 111 Å². The number of aromatic nitrogens is 1. The van der Waals surface area contributed by atoms with E-state index < -0.39 is 23.9 Å². The number of carbonyl (C=O) groups is 2. The van der Waals surface area contributed by atoms with Crippen molar-refractivity contribution < 1.29 is 24.9 Å². The van der Waals surface area contributed by atoms with Crippen LogP contribution in [0.3, 0.4) is 0 Å². The number of fused-ring (bicyclic) bond motifs is 1. The number of aliphatic hydroxyl groups excluding tert-OH is 2. The summed E-state index contributed by atoms with van der Waals surface area (Å²) in [6.45, 7) is 1.72. The predicted octanol–water partition coefficient (Wildman–Crippen LogP) is 5.88. The summed E-state index contributed by atoms with van der Waals surface area (Å²) in [5, 5.41) is 32.7. The van der Waals surface area contributed by atoms with Gasteiger partial charge in [-0.1, -0.05) is 53.8 Å². The number of phenolic OH excluding ortho intramolecular Hbond substituents is 1. The van der Waals surface area contributed by atoms with Crippen LogP contribution < -0.4 is 0 Å². The second kappa shape index (κ2) is 13.0. The SMILES string of the molecule is CCC1=C([C@H](O)CC/C(=C/c2cc(Br)ccc2O)c2ccccn2)[C@H](CO)[C@@H]2C(=O)N(C3CCCCC3)C(=O)[C@@H]2C1. The highest BCUT2D eigenvalue weighted by molar-refractivity contribution is 9.10. The van der Waals surface area contributed by atoms with Crippen molar-refractivity contribution in [3.05, 3.63) is 69.5 Å². The Bertz CT molecular complexity index is 1330. The lowest BCUT2D eigenvalue weighted by Gasteiger charge is -2.36. The Balaban J connectivity index is 1.41. The average molecular weight is 624 g/mol. The van der Waals surface area contributed by atoms with E-state index >= 15 is 0 Å². The summed E-state index contributed by atoms with van der Waals surface area (Å²) in [4.78, 5) is 33.3. The molecule has 3 N–H and O–H groups in total. The van der Waals surface area contributed by atoms with Gasteiger partial charge in [-0.15, -0.1) is 0 Å². The maximum atomic E-state index is 13.7. The van der Waals surface area contributed by atoms with Crippen molar-refractivity contribution in [2.45, 2.75) is 76.9 Å². The third kappa shape index (κ3) is 6.06. The van der Waals surface area contributed by atoms with Gasteiger partial charge in [0.05, 0.1) is 30.2 Å². The predicted molar refractivity (Wildman–Crippen MR) is 161 cm³/mol. The van der Waals surface area contributed by atoms with Gasteiger partial charge in [-0.05, 0) is 86.1 Å². The third-order valence-corrected chi connectivity index (χ3v) is 9.63. The molecule has 4 atom stereocenters. The molecular weight excluding hydrogens is 584 g/mol. The van der Waals surface area contributed by atoms with Gasteiger partial charge in [-0.25, -0.2) is 0 Å². The van der Waals surface area contributed by atoms with Crippen LogP contribution in [0.1, 0.15) is 76.0 Å². The Kier molecular flexibility index (Phi) is 9.42. The number of rotatable bonds is 9. The van der Waals surface area contributed by atoms with Gasteiger partial charge in [0.1, 0.15) is 5.75 Å². The first-order valence-electron chi connectivity index (χ1n) is 14.8. The van der Waals surface area contributed by atoms with Gasteiger partial charge in [0, 0.05) is 28.2 Å². The molecule has 218 valence electrons. The molecule has 3 aliphatic rings. The van der Waals surface area contributed by atoms with E-state index in [9.17, 15) is 24.9 Å². The first-order valence-corrected chi connectivity index (χ1v) is 15.6. The smallest absolute Gasteiger partial charge is 0.234 e. The number of aromatic hydroxyl groups is 1. The number of halogens is 1. The molecule has 7 nitrogen and oxygen atoms in total. The second-order valence-corrected chi connectivity index (χ2v) is 12.4. The minimum Gasteiger partial charge on any atom is -0.507 e. The number of allylic oxidation sites excluding steroid dienone is 2. The molecule has 0 spiro atoms. The molecule has 2 aliphatic carbocycles. The highest BCUT2D eigenvalue weighted by Gasteiger charge is 2.56. The number of pyridine rings is 1. The van der Waals surface area contributed by atoms with Crippen LogP contribution in [0.15, 0.2) is 58.2 Å². The first kappa shape index (κ1) is 29.7. The zero-order valence-electron chi connectivity index (χ0n) is 23.5. The monoisotopic (exact) mass is 622 g/mol. The van der Waals surface area contributed by atoms with Crippen LogP contribution in [0.5, 0.6) is 5.75 Å². The number of likely N-dealkylation sites (tertiary alicyclic amines) is 1. The number of nitrogens with zero attached hydrogens (tertiary/aromatic N) is 2. The van der Waals surface area contributed by atoms with E-state index in [2.05, 4.69) is 20.9 Å². The van der Waals surface area contributed by atoms with Crippen molar-refractivity contribution in [1.29, 1.82) is 0 Å². The molecule has 2 aromatic rings. The van der Waals surface area contributed by atoms with Crippen molar-refractivity contribution in [2.24, 2.45) is 17.8 Å². The van der Waals surface area contributed by atoms with Gasteiger partial charge < -0.3 is 15.3 Å².